The van der Waals surface area contributed by atoms with Crippen molar-refractivity contribution in [1.29, 1.82) is 0 Å². The Bertz CT molecular complexity index is 415. The normalized spacial score (nSPS) is 14.8. The molecule has 9 heteroatoms. The zero-order valence-electron chi connectivity index (χ0n) is 8.29. The summed E-state index contributed by atoms with van der Waals surface area (Å²) in [7, 11) is 0. The molecule has 2 rings (SSSR count). The number of amides is 3. The number of primary amides is 1. The molecule has 0 bridgehead atoms. The molecule has 0 aliphatic heterocycles. The van der Waals surface area contributed by atoms with Crippen LogP contribution < -0.4 is 11.1 Å². The minimum atomic E-state index is -0.854. The molecule has 3 N–H and O–H groups in total. The van der Waals surface area contributed by atoms with Gasteiger partial charge in [-0.25, -0.2) is 9.48 Å². The maximum absolute atomic E-state index is 11.1. The maximum atomic E-state index is 11.1. The number of carbonyl (C=O) groups excluding carboxylic acids is 2. The van der Waals surface area contributed by atoms with E-state index in [1.165, 1.54) is 11.8 Å². The maximum Gasteiger partial charge on any atom is 0.318 e. The quantitative estimate of drug-likeness (QED) is 0.674. The summed E-state index contributed by atoms with van der Waals surface area (Å²) in [5.74, 6) is -0.390. The first-order chi connectivity index (χ1) is 7.66. The average molecular weight is 242 g/mol. The molecule has 3 amide bonds. The Kier molecular flexibility index (Phi) is 3.04. The Morgan fingerprint density at radius 3 is 2.94 bits per heavy atom. The summed E-state index contributed by atoms with van der Waals surface area (Å²) in [6.45, 7) is 0. The van der Waals surface area contributed by atoms with Crippen LogP contribution in [0.4, 0.5) is 4.79 Å². The Hall–Kier alpha value is -1.64. The zero-order chi connectivity index (χ0) is 11.5. The highest BCUT2D eigenvalue weighted by atomic mass is 32.2. The van der Waals surface area contributed by atoms with E-state index >= 15 is 0 Å². The lowest BCUT2D eigenvalue weighted by Gasteiger charge is -2.01. The number of nitrogens with zero attached hydrogens (tertiary/aromatic N) is 4. The summed E-state index contributed by atoms with van der Waals surface area (Å²) >= 11 is 1.18. The number of rotatable bonds is 4. The summed E-state index contributed by atoms with van der Waals surface area (Å²) in [4.78, 5) is 21.5. The summed E-state index contributed by atoms with van der Waals surface area (Å²) in [6.07, 6.45) is 2.12. The van der Waals surface area contributed by atoms with E-state index in [9.17, 15) is 9.59 Å². The van der Waals surface area contributed by atoms with Crippen molar-refractivity contribution in [1.82, 2.24) is 25.5 Å². The standard InChI is InChI=1S/C7H10N6O2S/c8-6(15)9-5(14)3-16-7-10-11-12-13(7)4-1-2-4/h4H,1-3H2,(H3,8,9,14,15). The number of tetrazole rings is 1. The molecular weight excluding hydrogens is 232 g/mol. The molecule has 1 aromatic heterocycles. The highest BCUT2D eigenvalue weighted by Crippen LogP contribution is 2.36. The predicted octanol–water partition coefficient (Wildman–Crippen LogP) is -0.705. The molecule has 0 unspecified atom stereocenters. The molecule has 16 heavy (non-hydrogen) atoms. The van der Waals surface area contributed by atoms with Crippen LogP contribution >= 0.6 is 11.8 Å². The van der Waals surface area contributed by atoms with Crippen molar-refractivity contribution in [2.75, 3.05) is 5.75 Å². The molecule has 0 radical (unpaired) electrons. The third-order valence-corrected chi connectivity index (χ3v) is 2.88. The molecule has 1 fully saturated rings. The fourth-order valence-electron chi connectivity index (χ4n) is 1.13. The van der Waals surface area contributed by atoms with Gasteiger partial charge in [-0.3, -0.25) is 10.1 Å². The molecule has 1 aromatic rings. The van der Waals surface area contributed by atoms with E-state index in [1.54, 1.807) is 4.68 Å². The van der Waals surface area contributed by atoms with Crippen LogP contribution in [-0.2, 0) is 4.79 Å². The summed E-state index contributed by atoms with van der Waals surface area (Å²) < 4.78 is 1.70. The fraction of sp³-hybridized carbons (Fsp3) is 0.571. The van der Waals surface area contributed by atoms with Gasteiger partial charge in [-0.15, -0.1) is 5.10 Å². The third-order valence-electron chi connectivity index (χ3n) is 1.95. The average Bonchev–Trinajstić information content (AvgIpc) is 2.94. The van der Waals surface area contributed by atoms with E-state index in [1.807, 2.05) is 5.32 Å². The first-order valence-corrected chi connectivity index (χ1v) is 5.65. The molecule has 0 aromatic carbocycles. The van der Waals surface area contributed by atoms with Crippen molar-refractivity contribution >= 4 is 23.7 Å². The van der Waals surface area contributed by atoms with E-state index in [0.717, 1.165) is 12.8 Å². The molecule has 0 atom stereocenters. The predicted molar refractivity (Wildman–Crippen MR) is 54.5 cm³/mol. The van der Waals surface area contributed by atoms with Crippen molar-refractivity contribution in [3.8, 4) is 0 Å². The van der Waals surface area contributed by atoms with Gasteiger partial charge in [0, 0.05) is 0 Å². The van der Waals surface area contributed by atoms with Crippen LogP contribution in [0.25, 0.3) is 0 Å². The van der Waals surface area contributed by atoms with Gasteiger partial charge >= 0.3 is 6.03 Å². The number of hydrogen-bond acceptors (Lipinski definition) is 6. The van der Waals surface area contributed by atoms with Gasteiger partial charge in [0.15, 0.2) is 0 Å². The Morgan fingerprint density at radius 2 is 2.31 bits per heavy atom. The smallest absolute Gasteiger partial charge is 0.318 e. The number of carbonyl (C=O) groups is 2. The minimum Gasteiger partial charge on any atom is -0.351 e. The van der Waals surface area contributed by atoms with E-state index < -0.39 is 11.9 Å². The van der Waals surface area contributed by atoms with Gasteiger partial charge in [0.2, 0.25) is 11.1 Å². The Balaban J connectivity index is 1.86. The van der Waals surface area contributed by atoms with E-state index in [4.69, 9.17) is 5.73 Å². The zero-order valence-corrected chi connectivity index (χ0v) is 9.11. The summed E-state index contributed by atoms with van der Waals surface area (Å²) in [6, 6.07) is -0.496. The first-order valence-electron chi connectivity index (χ1n) is 4.67. The van der Waals surface area contributed by atoms with Gasteiger partial charge in [-0.1, -0.05) is 11.8 Å². The van der Waals surface area contributed by atoms with Gasteiger partial charge in [0.25, 0.3) is 0 Å². The topological polar surface area (TPSA) is 116 Å². The summed E-state index contributed by atoms with van der Waals surface area (Å²) in [5, 5.41) is 13.7. The van der Waals surface area contributed by atoms with Crippen LogP contribution in [0.1, 0.15) is 18.9 Å². The number of urea groups is 1. The molecule has 0 spiro atoms. The Labute approximate surface area is 94.9 Å². The lowest BCUT2D eigenvalue weighted by atomic mass is 10.7. The number of nitrogens with two attached hydrogens (primary N) is 1. The van der Waals surface area contributed by atoms with E-state index in [2.05, 4.69) is 15.5 Å². The monoisotopic (exact) mass is 242 g/mol. The molecular formula is C7H10N6O2S. The van der Waals surface area contributed by atoms with Crippen molar-refractivity contribution in [2.24, 2.45) is 5.73 Å². The minimum absolute atomic E-state index is 0.0655. The fourth-order valence-corrected chi connectivity index (χ4v) is 1.88. The van der Waals surface area contributed by atoms with Gasteiger partial charge < -0.3 is 5.73 Å². The molecule has 0 saturated heterocycles. The number of imide groups is 1. The van der Waals surface area contributed by atoms with Gasteiger partial charge in [0.05, 0.1) is 11.8 Å². The molecule has 1 aliphatic rings. The van der Waals surface area contributed by atoms with Crippen LogP contribution in [0, 0.1) is 0 Å². The molecule has 1 heterocycles. The van der Waals surface area contributed by atoms with Gasteiger partial charge in [-0.2, -0.15) is 0 Å². The molecule has 8 nitrogen and oxygen atoms in total. The number of aromatic nitrogens is 4. The van der Waals surface area contributed by atoms with Crippen molar-refractivity contribution in [2.45, 2.75) is 24.0 Å². The number of hydrogen-bond donors (Lipinski definition) is 2. The van der Waals surface area contributed by atoms with Crippen LogP contribution in [0.3, 0.4) is 0 Å². The van der Waals surface area contributed by atoms with Crippen molar-refractivity contribution in [3.63, 3.8) is 0 Å². The first kappa shape index (κ1) is 10.9. The number of nitrogens with one attached hydrogen (secondary N) is 1. The second-order valence-electron chi connectivity index (χ2n) is 3.34. The van der Waals surface area contributed by atoms with Gasteiger partial charge in [-0.05, 0) is 23.3 Å². The van der Waals surface area contributed by atoms with Crippen molar-refractivity contribution < 1.29 is 9.59 Å². The second kappa shape index (κ2) is 4.47. The SMILES string of the molecule is NC(=O)NC(=O)CSc1nnnn1C1CC1. The lowest BCUT2D eigenvalue weighted by molar-refractivity contribution is -0.117. The van der Waals surface area contributed by atoms with Crippen LogP contribution in [0.15, 0.2) is 5.16 Å². The van der Waals surface area contributed by atoms with Crippen molar-refractivity contribution in [3.05, 3.63) is 0 Å². The van der Waals surface area contributed by atoms with Crippen LogP contribution in [0.2, 0.25) is 0 Å². The second-order valence-corrected chi connectivity index (χ2v) is 4.28. The molecule has 1 saturated carbocycles. The van der Waals surface area contributed by atoms with E-state index in [-0.39, 0.29) is 5.75 Å². The molecule has 1 aliphatic carbocycles. The third kappa shape index (κ3) is 2.69. The summed E-state index contributed by atoms with van der Waals surface area (Å²) in [5.41, 5.74) is 4.80. The largest absolute Gasteiger partial charge is 0.351 e. The van der Waals surface area contributed by atoms with Gasteiger partial charge in [0.1, 0.15) is 0 Å². The lowest BCUT2D eigenvalue weighted by Crippen LogP contribution is -2.36. The number of thioether (sulfide) groups is 1. The Morgan fingerprint density at radius 1 is 1.56 bits per heavy atom. The van der Waals surface area contributed by atoms with E-state index in [0.29, 0.717) is 11.2 Å². The molecule has 86 valence electrons. The van der Waals surface area contributed by atoms with Crippen LogP contribution in [-0.4, -0.2) is 37.9 Å². The highest BCUT2D eigenvalue weighted by Gasteiger charge is 2.28. The highest BCUT2D eigenvalue weighted by molar-refractivity contribution is 7.99. The van der Waals surface area contributed by atoms with Crippen LogP contribution in [0.5, 0.6) is 0 Å².